The van der Waals surface area contributed by atoms with E-state index >= 15 is 0 Å². The normalized spacial score (nSPS) is 13.4. The second-order valence-corrected chi connectivity index (χ2v) is 6.72. The minimum atomic E-state index is -0.238. The number of carbonyl (C=O) groups is 2. The van der Waals surface area contributed by atoms with Gasteiger partial charge in [-0.25, -0.2) is 0 Å². The van der Waals surface area contributed by atoms with E-state index in [0.29, 0.717) is 34.3 Å². The molecule has 0 aliphatic carbocycles. The van der Waals surface area contributed by atoms with Gasteiger partial charge in [-0.2, -0.15) is 0 Å². The van der Waals surface area contributed by atoms with Gasteiger partial charge < -0.3 is 19.9 Å². The highest BCUT2D eigenvalue weighted by atomic mass is 35.5. The van der Waals surface area contributed by atoms with Crippen molar-refractivity contribution in [3.05, 3.63) is 53.1 Å². The minimum Gasteiger partial charge on any atom is -0.481 e. The Morgan fingerprint density at radius 3 is 2.65 bits per heavy atom. The van der Waals surface area contributed by atoms with Gasteiger partial charge in [-0.3, -0.25) is 9.59 Å². The van der Waals surface area contributed by atoms with Crippen molar-refractivity contribution in [2.75, 3.05) is 44.0 Å². The van der Waals surface area contributed by atoms with Gasteiger partial charge in [0.2, 0.25) is 0 Å². The van der Waals surface area contributed by atoms with Crippen LogP contribution in [0.4, 0.5) is 11.4 Å². The molecule has 0 aromatic heterocycles. The summed E-state index contributed by atoms with van der Waals surface area (Å²) in [4.78, 5) is 28.2. The lowest BCUT2D eigenvalue weighted by Gasteiger charge is -2.30. The van der Waals surface area contributed by atoms with Crippen molar-refractivity contribution in [3.8, 4) is 5.75 Å². The molecule has 0 atom stereocenters. The van der Waals surface area contributed by atoms with E-state index in [0.717, 1.165) is 6.54 Å². The molecule has 136 valence electrons. The quantitative estimate of drug-likeness (QED) is 0.875. The van der Waals surface area contributed by atoms with E-state index in [-0.39, 0.29) is 18.4 Å². The van der Waals surface area contributed by atoms with Crippen molar-refractivity contribution < 1.29 is 14.3 Å². The van der Waals surface area contributed by atoms with Crippen molar-refractivity contribution >= 4 is 34.8 Å². The molecule has 0 unspecified atom stereocenters. The Labute approximate surface area is 157 Å². The number of ether oxygens (including phenoxy) is 1. The molecule has 26 heavy (non-hydrogen) atoms. The standard InChI is InChI=1S/C19H20ClN3O3/c1-22(2)9-10-23-16-8-7-15(11-17(16)26-12-18(23)24)21-19(25)13-3-5-14(20)6-4-13/h3-8,11H,9-10,12H2,1-2H3,(H,21,25). The van der Waals surface area contributed by atoms with Gasteiger partial charge in [0.25, 0.3) is 11.8 Å². The molecular formula is C19H20ClN3O3. The average molecular weight is 374 g/mol. The number of amides is 2. The molecule has 0 saturated carbocycles. The zero-order valence-corrected chi connectivity index (χ0v) is 15.4. The fraction of sp³-hybridized carbons (Fsp3) is 0.263. The molecule has 6 nitrogen and oxygen atoms in total. The van der Waals surface area contributed by atoms with Crippen LogP contribution < -0.4 is 15.0 Å². The summed E-state index contributed by atoms with van der Waals surface area (Å²) < 4.78 is 5.54. The first-order valence-corrected chi connectivity index (χ1v) is 8.61. The summed E-state index contributed by atoms with van der Waals surface area (Å²) in [5.41, 5.74) is 1.83. The van der Waals surface area contributed by atoms with E-state index < -0.39 is 0 Å². The highest BCUT2D eigenvalue weighted by Gasteiger charge is 2.25. The third-order valence-corrected chi connectivity index (χ3v) is 4.29. The molecule has 0 radical (unpaired) electrons. The number of carbonyl (C=O) groups excluding carboxylic acids is 2. The van der Waals surface area contributed by atoms with Crippen molar-refractivity contribution in [1.29, 1.82) is 0 Å². The highest BCUT2D eigenvalue weighted by Crippen LogP contribution is 2.34. The second-order valence-electron chi connectivity index (χ2n) is 6.28. The monoisotopic (exact) mass is 373 g/mol. The molecule has 2 aromatic carbocycles. The van der Waals surface area contributed by atoms with Gasteiger partial charge in [0.15, 0.2) is 6.61 Å². The molecule has 0 spiro atoms. The van der Waals surface area contributed by atoms with E-state index in [2.05, 4.69) is 5.32 Å². The SMILES string of the molecule is CN(C)CCN1C(=O)COc2cc(NC(=O)c3ccc(Cl)cc3)ccc21. The van der Waals surface area contributed by atoms with Crippen LogP contribution in [-0.4, -0.2) is 50.5 Å². The van der Waals surface area contributed by atoms with Gasteiger partial charge >= 0.3 is 0 Å². The van der Waals surface area contributed by atoms with E-state index in [1.807, 2.05) is 19.0 Å². The minimum absolute atomic E-state index is 0.00495. The van der Waals surface area contributed by atoms with Crippen LogP contribution in [0.25, 0.3) is 0 Å². The van der Waals surface area contributed by atoms with Gasteiger partial charge in [0.05, 0.1) is 5.69 Å². The van der Waals surface area contributed by atoms with Gasteiger partial charge in [0, 0.05) is 35.4 Å². The lowest BCUT2D eigenvalue weighted by atomic mass is 10.2. The van der Waals surface area contributed by atoms with E-state index in [4.69, 9.17) is 16.3 Å². The fourth-order valence-corrected chi connectivity index (χ4v) is 2.76. The van der Waals surface area contributed by atoms with Crippen LogP contribution in [-0.2, 0) is 4.79 Å². The molecule has 0 fully saturated rings. The first-order valence-electron chi connectivity index (χ1n) is 8.23. The van der Waals surface area contributed by atoms with Gasteiger partial charge in [0.1, 0.15) is 5.75 Å². The molecule has 0 saturated heterocycles. The predicted molar refractivity (Wildman–Crippen MR) is 102 cm³/mol. The van der Waals surface area contributed by atoms with Crippen molar-refractivity contribution in [1.82, 2.24) is 4.90 Å². The molecule has 1 N–H and O–H groups in total. The number of hydrogen-bond acceptors (Lipinski definition) is 4. The number of nitrogens with one attached hydrogen (secondary N) is 1. The van der Waals surface area contributed by atoms with Crippen LogP contribution in [0.1, 0.15) is 10.4 Å². The Kier molecular flexibility index (Phi) is 5.44. The Balaban J connectivity index is 1.76. The molecule has 7 heteroatoms. The summed E-state index contributed by atoms with van der Waals surface area (Å²) in [7, 11) is 3.92. The molecule has 1 heterocycles. The molecular weight excluding hydrogens is 354 g/mol. The lowest BCUT2D eigenvalue weighted by Crippen LogP contribution is -2.42. The molecule has 2 aromatic rings. The molecule has 1 aliphatic heterocycles. The molecule has 0 bridgehead atoms. The zero-order chi connectivity index (χ0) is 18.7. The summed E-state index contributed by atoms with van der Waals surface area (Å²) in [5.74, 6) is 0.271. The summed E-state index contributed by atoms with van der Waals surface area (Å²) in [6.07, 6.45) is 0. The van der Waals surface area contributed by atoms with Crippen LogP contribution in [0.5, 0.6) is 5.75 Å². The van der Waals surface area contributed by atoms with Crippen molar-refractivity contribution in [2.45, 2.75) is 0 Å². The van der Waals surface area contributed by atoms with Crippen LogP contribution in [0.3, 0.4) is 0 Å². The molecule has 1 aliphatic rings. The number of benzene rings is 2. The number of fused-ring (bicyclic) bond motifs is 1. The number of likely N-dealkylation sites (N-methyl/N-ethyl adjacent to an activating group) is 1. The van der Waals surface area contributed by atoms with Crippen LogP contribution in [0, 0.1) is 0 Å². The first-order chi connectivity index (χ1) is 12.4. The predicted octanol–water partition coefficient (Wildman–Crippen LogP) is 2.88. The van der Waals surface area contributed by atoms with E-state index in [9.17, 15) is 9.59 Å². The summed E-state index contributed by atoms with van der Waals surface area (Å²) in [6.45, 7) is 1.33. The Hall–Kier alpha value is -2.57. The number of anilines is 2. The van der Waals surface area contributed by atoms with Crippen LogP contribution >= 0.6 is 11.6 Å². The summed E-state index contributed by atoms with van der Waals surface area (Å²) in [5, 5.41) is 3.41. The molecule has 2 amide bonds. The van der Waals surface area contributed by atoms with Gasteiger partial charge in [-0.15, -0.1) is 0 Å². The van der Waals surface area contributed by atoms with Crippen molar-refractivity contribution in [2.24, 2.45) is 0 Å². The van der Waals surface area contributed by atoms with Crippen molar-refractivity contribution in [3.63, 3.8) is 0 Å². The Morgan fingerprint density at radius 1 is 1.23 bits per heavy atom. The Morgan fingerprint density at radius 2 is 1.96 bits per heavy atom. The topological polar surface area (TPSA) is 61.9 Å². The maximum atomic E-state index is 12.3. The third-order valence-electron chi connectivity index (χ3n) is 4.04. The van der Waals surface area contributed by atoms with Crippen LogP contribution in [0.15, 0.2) is 42.5 Å². The maximum Gasteiger partial charge on any atom is 0.265 e. The fourth-order valence-electron chi connectivity index (χ4n) is 2.63. The third kappa shape index (κ3) is 4.15. The maximum absolute atomic E-state index is 12.3. The van der Waals surface area contributed by atoms with Gasteiger partial charge in [-0.1, -0.05) is 11.6 Å². The number of hydrogen-bond donors (Lipinski definition) is 1. The van der Waals surface area contributed by atoms with Gasteiger partial charge in [-0.05, 0) is 50.5 Å². The first kappa shape index (κ1) is 18.2. The van der Waals surface area contributed by atoms with E-state index in [1.54, 1.807) is 47.4 Å². The Bertz CT molecular complexity index is 821. The number of rotatable bonds is 5. The second kappa shape index (κ2) is 7.76. The molecule has 3 rings (SSSR count). The summed E-state index contributed by atoms with van der Waals surface area (Å²) in [6, 6.07) is 11.9. The zero-order valence-electron chi connectivity index (χ0n) is 14.7. The van der Waals surface area contributed by atoms with E-state index in [1.165, 1.54) is 0 Å². The van der Waals surface area contributed by atoms with Crippen LogP contribution in [0.2, 0.25) is 5.02 Å². The highest BCUT2D eigenvalue weighted by molar-refractivity contribution is 6.30. The number of nitrogens with zero attached hydrogens (tertiary/aromatic N) is 2. The largest absolute Gasteiger partial charge is 0.481 e. The number of halogens is 1. The smallest absolute Gasteiger partial charge is 0.265 e. The summed E-state index contributed by atoms with van der Waals surface area (Å²) >= 11 is 5.84. The average Bonchev–Trinajstić information content (AvgIpc) is 2.61. The lowest BCUT2D eigenvalue weighted by molar-refractivity contribution is -0.121.